The Bertz CT molecular complexity index is 1060. The van der Waals surface area contributed by atoms with Crippen molar-refractivity contribution in [2.75, 3.05) is 12.4 Å². The Morgan fingerprint density at radius 1 is 1.33 bits per heavy atom. The van der Waals surface area contributed by atoms with Crippen molar-refractivity contribution in [3.63, 3.8) is 0 Å². The molecule has 0 aliphatic carbocycles. The summed E-state index contributed by atoms with van der Waals surface area (Å²) in [5, 5.41) is 6.74. The average Bonchev–Trinajstić information content (AvgIpc) is 3.10. The summed E-state index contributed by atoms with van der Waals surface area (Å²) in [4.78, 5) is 27.7. The molecule has 0 spiro atoms. The van der Waals surface area contributed by atoms with E-state index in [9.17, 15) is 4.79 Å². The minimum Gasteiger partial charge on any atom is -0.354 e. The van der Waals surface area contributed by atoms with Gasteiger partial charge in [-0.25, -0.2) is 9.97 Å². The smallest absolute Gasteiger partial charge is 0.267 e. The monoisotopic (exact) mass is 360 g/mol. The minimum absolute atomic E-state index is 0.158. The van der Waals surface area contributed by atoms with Crippen molar-refractivity contribution in [3.8, 4) is 0 Å². The molecule has 0 bridgehead atoms. The minimum atomic E-state index is -0.158. The molecule has 3 aromatic rings. The largest absolute Gasteiger partial charge is 0.354 e. The number of aromatic nitrogens is 3. The van der Waals surface area contributed by atoms with Gasteiger partial charge in [0.05, 0.1) is 11.4 Å². The number of nitrogens with one attached hydrogen (secondary N) is 3. The first-order chi connectivity index (χ1) is 13.0. The number of benzene rings is 1. The van der Waals surface area contributed by atoms with Crippen LogP contribution in [0.4, 0.5) is 11.6 Å². The molecular formula is C20H20N6O. The number of rotatable bonds is 6. The van der Waals surface area contributed by atoms with E-state index < -0.39 is 0 Å². The van der Waals surface area contributed by atoms with Crippen LogP contribution in [0.15, 0.2) is 54.2 Å². The van der Waals surface area contributed by atoms with Crippen molar-refractivity contribution in [1.82, 2.24) is 20.3 Å². The third kappa shape index (κ3) is 3.77. The first-order valence-electron chi connectivity index (χ1n) is 8.31. The second-order valence-electron chi connectivity index (χ2n) is 5.86. The topological polar surface area (TPSA) is 95.1 Å². The first kappa shape index (κ1) is 18.1. The van der Waals surface area contributed by atoms with Crippen molar-refractivity contribution in [3.05, 3.63) is 66.1 Å². The molecule has 2 heterocycles. The lowest BCUT2D eigenvalue weighted by molar-refractivity contribution is 0.0959. The van der Waals surface area contributed by atoms with Crippen LogP contribution in [0.25, 0.3) is 16.6 Å². The molecule has 0 unspecified atom stereocenters. The fraction of sp³-hybridized carbons (Fsp3) is 0.100. The number of allylic oxidation sites excluding steroid dienone is 2. The summed E-state index contributed by atoms with van der Waals surface area (Å²) < 4.78 is 0. The summed E-state index contributed by atoms with van der Waals surface area (Å²) in [6.45, 7) is 9.20. The highest BCUT2D eigenvalue weighted by Gasteiger charge is 2.11. The van der Waals surface area contributed by atoms with Gasteiger partial charge in [-0.3, -0.25) is 9.79 Å². The molecule has 3 rings (SSSR count). The van der Waals surface area contributed by atoms with E-state index in [0.717, 1.165) is 22.2 Å². The van der Waals surface area contributed by atoms with E-state index in [0.29, 0.717) is 23.0 Å². The standard InChI is InChI=1S/C20H20N6O/c1-5-6-15(21-3)16-7-8-23-20(26-16)24-14-9-12(2)18-13(10-14)11-17(25-18)19(27)22-4/h5-11,25H,1,3H2,2,4H3,(H,22,27)(H,23,24,26)/b15-6-. The van der Waals surface area contributed by atoms with E-state index in [1.54, 1.807) is 31.5 Å². The van der Waals surface area contributed by atoms with Crippen molar-refractivity contribution in [2.45, 2.75) is 6.92 Å². The number of carbonyl (C=O) groups excluding carboxylic acids is 1. The number of hydrogen-bond donors (Lipinski definition) is 3. The lowest BCUT2D eigenvalue weighted by Crippen LogP contribution is -2.17. The molecule has 0 saturated heterocycles. The third-order valence-electron chi connectivity index (χ3n) is 4.02. The molecule has 1 aromatic carbocycles. The maximum absolute atomic E-state index is 11.8. The highest BCUT2D eigenvalue weighted by atomic mass is 16.1. The predicted octanol–water partition coefficient (Wildman–Crippen LogP) is 3.60. The fourth-order valence-electron chi connectivity index (χ4n) is 2.78. The molecule has 0 atom stereocenters. The molecular weight excluding hydrogens is 340 g/mol. The SMILES string of the molecule is C=C/C=C(\N=C)c1ccnc(Nc2cc(C)c3[nH]c(C(=O)NC)cc3c2)n1. The quantitative estimate of drug-likeness (QED) is 0.462. The Hall–Kier alpha value is -3.74. The molecule has 3 N–H and O–H groups in total. The highest BCUT2D eigenvalue weighted by Crippen LogP contribution is 2.26. The van der Waals surface area contributed by atoms with Crippen LogP contribution in [0, 0.1) is 6.92 Å². The van der Waals surface area contributed by atoms with Gasteiger partial charge < -0.3 is 15.6 Å². The number of fused-ring (bicyclic) bond motifs is 1. The van der Waals surface area contributed by atoms with Gasteiger partial charge in [-0.15, -0.1) is 0 Å². The summed E-state index contributed by atoms with van der Waals surface area (Å²) >= 11 is 0. The number of aromatic amines is 1. The number of H-pyrrole nitrogens is 1. The van der Waals surface area contributed by atoms with Crippen LogP contribution in [0.3, 0.4) is 0 Å². The van der Waals surface area contributed by atoms with Crippen LogP contribution in [-0.2, 0) is 0 Å². The van der Waals surface area contributed by atoms with Gasteiger partial charge in [0, 0.05) is 29.8 Å². The Kier molecular flexibility index (Phi) is 5.12. The van der Waals surface area contributed by atoms with Crippen LogP contribution >= 0.6 is 0 Å². The van der Waals surface area contributed by atoms with Crippen molar-refractivity contribution in [2.24, 2.45) is 4.99 Å². The molecule has 136 valence electrons. The summed E-state index contributed by atoms with van der Waals surface area (Å²) in [6.07, 6.45) is 5.01. The summed E-state index contributed by atoms with van der Waals surface area (Å²) in [5.74, 6) is 0.279. The summed E-state index contributed by atoms with van der Waals surface area (Å²) in [5.41, 5.74) is 4.51. The second kappa shape index (κ2) is 7.65. The van der Waals surface area contributed by atoms with E-state index in [1.165, 1.54) is 0 Å². The third-order valence-corrected chi connectivity index (χ3v) is 4.02. The van der Waals surface area contributed by atoms with Crippen LogP contribution in [0.5, 0.6) is 0 Å². The van der Waals surface area contributed by atoms with Crippen molar-refractivity contribution >= 4 is 40.9 Å². The van der Waals surface area contributed by atoms with E-state index in [1.807, 2.05) is 25.1 Å². The van der Waals surface area contributed by atoms with Crippen LogP contribution < -0.4 is 10.6 Å². The zero-order valence-corrected chi connectivity index (χ0v) is 15.2. The highest BCUT2D eigenvalue weighted by molar-refractivity contribution is 5.99. The number of carbonyl (C=O) groups is 1. The van der Waals surface area contributed by atoms with Crippen LogP contribution in [0.2, 0.25) is 0 Å². The number of hydrogen-bond acceptors (Lipinski definition) is 5. The Morgan fingerprint density at radius 3 is 2.85 bits per heavy atom. The normalized spacial score (nSPS) is 11.3. The Morgan fingerprint density at radius 2 is 2.15 bits per heavy atom. The summed E-state index contributed by atoms with van der Waals surface area (Å²) in [6, 6.07) is 7.48. The molecule has 2 aromatic heterocycles. The molecule has 7 nitrogen and oxygen atoms in total. The van der Waals surface area contributed by atoms with Crippen LogP contribution in [-0.4, -0.2) is 34.6 Å². The first-order valence-corrected chi connectivity index (χ1v) is 8.31. The average molecular weight is 360 g/mol. The predicted molar refractivity (Wildman–Crippen MR) is 109 cm³/mol. The zero-order chi connectivity index (χ0) is 19.4. The van der Waals surface area contributed by atoms with Gasteiger partial charge in [-0.1, -0.05) is 12.7 Å². The Balaban J connectivity index is 1.95. The van der Waals surface area contributed by atoms with Gasteiger partial charge in [0.1, 0.15) is 5.69 Å². The molecule has 1 amide bonds. The molecule has 0 aliphatic rings. The molecule has 7 heteroatoms. The molecule has 0 fully saturated rings. The van der Waals surface area contributed by atoms with E-state index in [2.05, 4.69) is 43.9 Å². The molecule has 0 saturated carbocycles. The second-order valence-corrected chi connectivity index (χ2v) is 5.86. The van der Waals surface area contributed by atoms with Gasteiger partial charge in [0.2, 0.25) is 5.95 Å². The molecule has 0 aliphatic heterocycles. The van der Waals surface area contributed by atoms with E-state index >= 15 is 0 Å². The molecule has 0 radical (unpaired) electrons. The summed E-state index contributed by atoms with van der Waals surface area (Å²) in [7, 11) is 1.60. The number of nitrogens with zero attached hydrogens (tertiary/aromatic N) is 3. The maximum Gasteiger partial charge on any atom is 0.267 e. The van der Waals surface area contributed by atoms with Gasteiger partial charge in [0.25, 0.3) is 5.91 Å². The maximum atomic E-state index is 11.8. The number of aryl methyl sites for hydroxylation is 1. The van der Waals surface area contributed by atoms with E-state index in [-0.39, 0.29) is 5.91 Å². The van der Waals surface area contributed by atoms with Crippen molar-refractivity contribution < 1.29 is 4.79 Å². The number of aliphatic imine (C=N–C) groups is 1. The Labute approximate surface area is 157 Å². The number of anilines is 2. The van der Waals surface area contributed by atoms with E-state index in [4.69, 9.17) is 0 Å². The number of amides is 1. The van der Waals surface area contributed by atoms with Gasteiger partial charge in [-0.2, -0.15) is 0 Å². The molecule has 27 heavy (non-hydrogen) atoms. The fourth-order valence-corrected chi connectivity index (χ4v) is 2.78. The van der Waals surface area contributed by atoms with Gasteiger partial charge in [-0.05, 0) is 49.5 Å². The van der Waals surface area contributed by atoms with Crippen LogP contribution in [0.1, 0.15) is 21.7 Å². The van der Waals surface area contributed by atoms with Gasteiger partial charge in [0.15, 0.2) is 0 Å². The van der Waals surface area contributed by atoms with Gasteiger partial charge >= 0.3 is 0 Å². The zero-order valence-electron chi connectivity index (χ0n) is 15.2. The lowest BCUT2D eigenvalue weighted by atomic mass is 10.1. The lowest BCUT2D eigenvalue weighted by Gasteiger charge is -2.08. The van der Waals surface area contributed by atoms with Crippen molar-refractivity contribution in [1.29, 1.82) is 0 Å².